The van der Waals surface area contributed by atoms with Gasteiger partial charge in [-0.1, -0.05) is 36.4 Å². The number of hydrogen-bond acceptors (Lipinski definition) is 2. The van der Waals surface area contributed by atoms with Gasteiger partial charge in [-0.05, 0) is 42.8 Å². The number of aromatic amines is 1. The van der Waals surface area contributed by atoms with Crippen LogP contribution in [0.2, 0.25) is 0 Å². The fourth-order valence-electron chi connectivity index (χ4n) is 3.14. The number of aromatic nitrogens is 2. The zero-order valence-electron chi connectivity index (χ0n) is 12.0. The van der Waals surface area contributed by atoms with Crippen LogP contribution in [0.4, 0.5) is 0 Å². The average Bonchev–Trinajstić information content (AvgIpc) is 3.05. The molecule has 2 N–H and O–H groups in total. The van der Waals surface area contributed by atoms with Crippen molar-refractivity contribution in [1.82, 2.24) is 15.3 Å². The fourth-order valence-corrected chi connectivity index (χ4v) is 3.14. The van der Waals surface area contributed by atoms with Crippen LogP contribution in [-0.4, -0.2) is 23.1 Å². The lowest BCUT2D eigenvalue weighted by atomic mass is 9.97. The van der Waals surface area contributed by atoms with Crippen molar-refractivity contribution in [2.24, 2.45) is 0 Å². The van der Waals surface area contributed by atoms with Crippen LogP contribution in [0.3, 0.4) is 0 Å². The molecule has 0 amide bonds. The van der Waals surface area contributed by atoms with Gasteiger partial charge in [0, 0.05) is 11.5 Å². The predicted octanol–water partition coefficient (Wildman–Crippen LogP) is 3.70. The Morgan fingerprint density at radius 1 is 0.952 bits per heavy atom. The molecule has 1 aliphatic rings. The van der Waals surface area contributed by atoms with Gasteiger partial charge in [0.25, 0.3) is 0 Å². The molecule has 2 aromatic carbocycles. The topological polar surface area (TPSA) is 40.7 Å². The summed E-state index contributed by atoms with van der Waals surface area (Å²) in [6.07, 6.45) is 4.32. The van der Waals surface area contributed by atoms with Crippen LogP contribution in [-0.2, 0) is 0 Å². The number of hydrogen-bond donors (Lipinski definition) is 2. The van der Waals surface area contributed by atoms with Crippen LogP contribution in [0.15, 0.2) is 48.7 Å². The number of nitrogens with one attached hydrogen (secondary N) is 2. The first-order valence-electron chi connectivity index (χ1n) is 7.65. The molecule has 1 aliphatic heterocycles. The van der Waals surface area contributed by atoms with Crippen LogP contribution in [0.5, 0.6) is 0 Å². The molecule has 106 valence electrons. The van der Waals surface area contributed by atoms with Crippen LogP contribution in [0.1, 0.15) is 24.6 Å². The number of rotatable bonds is 2. The maximum Gasteiger partial charge on any atom is 0.109 e. The molecule has 0 atom stereocenters. The van der Waals surface area contributed by atoms with Gasteiger partial charge in [-0.25, -0.2) is 4.98 Å². The lowest BCUT2D eigenvalue weighted by Crippen LogP contribution is -2.27. The van der Waals surface area contributed by atoms with Gasteiger partial charge in [0.1, 0.15) is 5.82 Å². The second kappa shape index (κ2) is 5.34. The third-order valence-corrected chi connectivity index (χ3v) is 4.38. The van der Waals surface area contributed by atoms with E-state index in [9.17, 15) is 0 Å². The highest BCUT2D eigenvalue weighted by Crippen LogP contribution is 2.27. The van der Waals surface area contributed by atoms with Crippen LogP contribution in [0.25, 0.3) is 22.0 Å². The first-order chi connectivity index (χ1) is 10.4. The monoisotopic (exact) mass is 277 g/mol. The molecule has 3 aromatic rings. The molecular formula is C18H19N3. The summed E-state index contributed by atoms with van der Waals surface area (Å²) in [5.41, 5.74) is 2.33. The number of imidazole rings is 1. The first-order valence-corrected chi connectivity index (χ1v) is 7.65. The summed E-state index contributed by atoms with van der Waals surface area (Å²) < 4.78 is 0. The maximum atomic E-state index is 4.61. The van der Waals surface area contributed by atoms with E-state index in [0.717, 1.165) is 24.6 Å². The molecule has 0 spiro atoms. The van der Waals surface area contributed by atoms with E-state index in [0.29, 0.717) is 5.92 Å². The molecule has 0 aliphatic carbocycles. The number of benzene rings is 2. The summed E-state index contributed by atoms with van der Waals surface area (Å²) in [6.45, 7) is 2.19. The lowest BCUT2D eigenvalue weighted by molar-refractivity contribution is 0.447. The Bertz CT molecular complexity index is 754. The van der Waals surface area contributed by atoms with E-state index in [1.165, 1.54) is 29.2 Å². The zero-order chi connectivity index (χ0) is 14.1. The van der Waals surface area contributed by atoms with Gasteiger partial charge < -0.3 is 10.3 Å². The van der Waals surface area contributed by atoms with Gasteiger partial charge >= 0.3 is 0 Å². The highest BCUT2D eigenvalue weighted by molar-refractivity contribution is 5.86. The molecule has 1 aromatic heterocycles. The summed E-state index contributed by atoms with van der Waals surface area (Å²) >= 11 is 0. The summed E-state index contributed by atoms with van der Waals surface area (Å²) in [6, 6.07) is 15.0. The first kappa shape index (κ1) is 12.6. The zero-order valence-corrected chi connectivity index (χ0v) is 12.0. The second-order valence-corrected chi connectivity index (χ2v) is 5.77. The Balaban J connectivity index is 1.67. The lowest BCUT2D eigenvalue weighted by Gasteiger charge is -2.20. The van der Waals surface area contributed by atoms with Crippen molar-refractivity contribution < 1.29 is 0 Å². The molecule has 4 rings (SSSR count). The summed E-state index contributed by atoms with van der Waals surface area (Å²) in [5.74, 6) is 1.71. The van der Waals surface area contributed by atoms with Crippen molar-refractivity contribution in [3.8, 4) is 11.3 Å². The van der Waals surface area contributed by atoms with E-state index in [2.05, 4.69) is 57.7 Å². The predicted molar refractivity (Wildman–Crippen MR) is 86.4 cm³/mol. The number of piperidine rings is 1. The van der Waals surface area contributed by atoms with Crippen LogP contribution >= 0.6 is 0 Å². The average molecular weight is 277 g/mol. The summed E-state index contributed by atoms with van der Waals surface area (Å²) in [5, 5.41) is 5.95. The van der Waals surface area contributed by atoms with Crippen LogP contribution in [0, 0.1) is 0 Å². The Morgan fingerprint density at radius 2 is 1.76 bits per heavy atom. The van der Waals surface area contributed by atoms with Gasteiger partial charge in [-0.3, -0.25) is 0 Å². The largest absolute Gasteiger partial charge is 0.342 e. The number of H-pyrrole nitrogens is 1. The molecule has 0 bridgehead atoms. The molecule has 3 nitrogen and oxygen atoms in total. The van der Waals surface area contributed by atoms with Crippen molar-refractivity contribution in [2.45, 2.75) is 18.8 Å². The smallest absolute Gasteiger partial charge is 0.109 e. The molecule has 1 fully saturated rings. The quantitative estimate of drug-likeness (QED) is 0.750. The third kappa shape index (κ3) is 2.45. The molecule has 0 radical (unpaired) electrons. The molecule has 21 heavy (non-hydrogen) atoms. The van der Waals surface area contributed by atoms with Crippen molar-refractivity contribution >= 4 is 10.8 Å². The Hall–Kier alpha value is -2.13. The van der Waals surface area contributed by atoms with E-state index >= 15 is 0 Å². The van der Waals surface area contributed by atoms with Crippen molar-refractivity contribution in [3.63, 3.8) is 0 Å². The van der Waals surface area contributed by atoms with E-state index in [4.69, 9.17) is 0 Å². The minimum atomic E-state index is 0.570. The van der Waals surface area contributed by atoms with E-state index in [1.54, 1.807) is 0 Å². The van der Waals surface area contributed by atoms with E-state index in [-0.39, 0.29) is 0 Å². The maximum absolute atomic E-state index is 4.61. The van der Waals surface area contributed by atoms with E-state index in [1.807, 2.05) is 6.20 Å². The highest BCUT2D eigenvalue weighted by Gasteiger charge is 2.18. The van der Waals surface area contributed by atoms with Gasteiger partial charge in [0.15, 0.2) is 0 Å². The van der Waals surface area contributed by atoms with Crippen molar-refractivity contribution in [1.29, 1.82) is 0 Å². The molecule has 2 heterocycles. The van der Waals surface area contributed by atoms with Gasteiger partial charge in [0.2, 0.25) is 0 Å². The minimum absolute atomic E-state index is 0.570. The molecule has 0 saturated carbocycles. The normalized spacial score (nSPS) is 16.4. The minimum Gasteiger partial charge on any atom is -0.342 e. The molecule has 0 unspecified atom stereocenters. The summed E-state index contributed by atoms with van der Waals surface area (Å²) in [7, 11) is 0. The van der Waals surface area contributed by atoms with Gasteiger partial charge in [0.05, 0.1) is 11.9 Å². The third-order valence-electron chi connectivity index (χ3n) is 4.38. The van der Waals surface area contributed by atoms with Gasteiger partial charge in [-0.2, -0.15) is 0 Å². The standard InChI is InChI=1S/C18H19N3/c1-2-4-15-11-16(6-5-13(15)3-1)17-12-20-18(21-17)14-7-9-19-10-8-14/h1-6,11-12,14,19H,7-10H2,(H,20,21). The molecule has 3 heteroatoms. The van der Waals surface area contributed by atoms with E-state index < -0.39 is 0 Å². The Kier molecular flexibility index (Phi) is 3.20. The van der Waals surface area contributed by atoms with Crippen molar-refractivity contribution in [3.05, 3.63) is 54.5 Å². The van der Waals surface area contributed by atoms with Crippen molar-refractivity contribution in [2.75, 3.05) is 13.1 Å². The second-order valence-electron chi connectivity index (χ2n) is 5.77. The Morgan fingerprint density at radius 3 is 2.62 bits per heavy atom. The number of fused-ring (bicyclic) bond motifs is 1. The Labute approximate surface area is 124 Å². The van der Waals surface area contributed by atoms with Gasteiger partial charge in [-0.15, -0.1) is 0 Å². The summed E-state index contributed by atoms with van der Waals surface area (Å²) in [4.78, 5) is 8.14. The molecular weight excluding hydrogens is 258 g/mol. The van der Waals surface area contributed by atoms with Crippen LogP contribution < -0.4 is 5.32 Å². The number of nitrogens with zero attached hydrogens (tertiary/aromatic N) is 1. The SMILES string of the molecule is c1ccc2cc(-c3cnc(C4CCNCC4)[nH]3)ccc2c1. The fraction of sp³-hybridized carbons (Fsp3) is 0.278. The highest BCUT2D eigenvalue weighted by atomic mass is 14.9. The molecule has 1 saturated heterocycles.